The van der Waals surface area contributed by atoms with Gasteiger partial charge in [0.2, 0.25) is 0 Å². The number of nitrogens with one attached hydrogen (secondary N) is 2. The molecule has 23 heavy (non-hydrogen) atoms. The highest BCUT2D eigenvalue weighted by Crippen LogP contribution is 2.25. The molecule has 0 bridgehead atoms. The maximum atomic E-state index is 11.8. The van der Waals surface area contributed by atoms with Crippen LogP contribution in [0.3, 0.4) is 0 Å². The van der Waals surface area contributed by atoms with Crippen molar-refractivity contribution < 1.29 is 14.5 Å². The van der Waals surface area contributed by atoms with Crippen LogP contribution in [0.4, 0.5) is 11.4 Å². The van der Waals surface area contributed by atoms with Crippen LogP contribution in [0.2, 0.25) is 10.0 Å². The smallest absolute Gasteiger partial charge is 0.395 e. The van der Waals surface area contributed by atoms with Crippen molar-refractivity contribution in [3.05, 3.63) is 55.0 Å². The number of nitro groups is 1. The molecule has 2 aromatic rings. The number of aromatic amines is 1. The number of hydrogen-bond acceptors (Lipinski definition) is 6. The molecule has 11 heteroatoms. The normalized spacial score (nSPS) is 10.2. The van der Waals surface area contributed by atoms with Crippen molar-refractivity contribution in [3.8, 4) is 5.88 Å². The van der Waals surface area contributed by atoms with Crippen LogP contribution >= 0.6 is 23.2 Å². The number of carbonyl (C=O) groups excluding carboxylic acids is 1. The molecule has 0 aliphatic carbocycles. The minimum absolute atomic E-state index is 0.251. The first-order valence-corrected chi connectivity index (χ1v) is 6.74. The first-order chi connectivity index (χ1) is 10.9. The summed E-state index contributed by atoms with van der Waals surface area (Å²) in [5.41, 5.74) is -1.62. The van der Waals surface area contributed by atoms with Crippen molar-refractivity contribution in [1.29, 1.82) is 0 Å². The second-order valence-corrected chi connectivity index (χ2v) is 4.95. The quantitative estimate of drug-likeness (QED) is 0.621. The topological polar surface area (TPSA) is 127 Å². The van der Waals surface area contributed by atoms with Crippen LogP contribution in [-0.4, -0.2) is 27.4 Å². The minimum atomic E-state index is -0.988. The van der Waals surface area contributed by atoms with Gasteiger partial charge < -0.3 is 15.0 Å². The third kappa shape index (κ3) is 4.18. The lowest BCUT2D eigenvalue weighted by Gasteiger charge is -2.08. The number of ether oxygens (including phenoxy) is 1. The minimum Gasteiger partial charge on any atom is -0.462 e. The summed E-state index contributed by atoms with van der Waals surface area (Å²) in [4.78, 5) is 38.6. The molecule has 0 atom stereocenters. The van der Waals surface area contributed by atoms with E-state index in [0.717, 1.165) is 6.33 Å². The van der Waals surface area contributed by atoms with Crippen molar-refractivity contribution >= 4 is 40.5 Å². The Morgan fingerprint density at radius 1 is 1.43 bits per heavy atom. The molecule has 0 spiro atoms. The average molecular weight is 359 g/mol. The Kier molecular flexibility index (Phi) is 5.14. The summed E-state index contributed by atoms with van der Waals surface area (Å²) in [5.74, 6) is -1.23. The van der Waals surface area contributed by atoms with Gasteiger partial charge in [0, 0.05) is 5.02 Å². The standard InChI is InChI=1S/C12H8Cl2N4O5/c13-6-1-2-7(14)8(3-6)17-9(19)4-23-12-10(18(21)22)11(20)15-5-16-12/h1-3,5H,4H2,(H,17,19)(H,15,16,20). The maximum absolute atomic E-state index is 11.8. The molecular weight excluding hydrogens is 351 g/mol. The van der Waals surface area contributed by atoms with Crippen LogP contribution < -0.4 is 15.6 Å². The first-order valence-electron chi connectivity index (χ1n) is 5.98. The summed E-state index contributed by atoms with van der Waals surface area (Å²) in [6, 6.07) is 4.46. The molecule has 2 N–H and O–H groups in total. The van der Waals surface area contributed by atoms with E-state index in [0.29, 0.717) is 5.02 Å². The zero-order chi connectivity index (χ0) is 17.0. The summed E-state index contributed by atoms with van der Waals surface area (Å²) < 4.78 is 4.92. The number of anilines is 1. The Morgan fingerprint density at radius 3 is 2.87 bits per heavy atom. The predicted molar refractivity (Wildman–Crippen MR) is 82.1 cm³/mol. The summed E-state index contributed by atoms with van der Waals surface area (Å²) in [6.07, 6.45) is 0.927. The SMILES string of the molecule is O=C(COc1nc[nH]c(=O)c1[N+](=O)[O-])Nc1cc(Cl)ccc1Cl. The highest BCUT2D eigenvalue weighted by Gasteiger charge is 2.22. The van der Waals surface area contributed by atoms with E-state index in [2.05, 4.69) is 10.3 Å². The first kappa shape index (κ1) is 16.7. The highest BCUT2D eigenvalue weighted by molar-refractivity contribution is 6.35. The average Bonchev–Trinajstić information content (AvgIpc) is 2.48. The van der Waals surface area contributed by atoms with Gasteiger partial charge in [-0.3, -0.25) is 19.7 Å². The fourth-order valence-corrected chi connectivity index (χ4v) is 1.89. The van der Waals surface area contributed by atoms with Gasteiger partial charge in [-0.15, -0.1) is 0 Å². The zero-order valence-electron chi connectivity index (χ0n) is 11.2. The van der Waals surface area contributed by atoms with Crippen LogP contribution in [0.5, 0.6) is 5.88 Å². The number of halogens is 2. The fourth-order valence-electron chi connectivity index (χ4n) is 1.56. The summed E-state index contributed by atoms with van der Waals surface area (Å²) in [5, 5.41) is 13.8. The number of nitrogens with zero attached hydrogens (tertiary/aromatic N) is 2. The van der Waals surface area contributed by atoms with E-state index in [-0.39, 0.29) is 10.7 Å². The van der Waals surface area contributed by atoms with Gasteiger partial charge in [0.1, 0.15) is 0 Å². The number of hydrogen-bond donors (Lipinski definition) is 2. The molecule has 0 unspecified atom stereocenters. The van der Waals surface area contributed by atoms with Gasteiger partial charge in [-0.05, 0) is 18.2 Å². The Hall–Kier alpha value is -2.65. The molecule has 0 saturated heterocycles. The number of rotatable bonds is 5. The lowest BCUT2D eigenvalue weighted by molar-refractivity contribution is -0.387. The summed E-state index contributed by atoms with van der Waals surface area (Å²) in [7, 11) is 0. The van der Waals surface area contributed by atoms with Crippen molar-refractivity contribution in [3.63, 3.8) is 0 Å². The molecule has 1 aromatic heterocycles. The predicted octanol–water partition coefficient (Wildman–Crippen LogP) is 2.00. The van der Waals surface area contributed by atoms with E-state index in [9.17, 15) is 19.7 Å². The maximum Gasteiger partial charge on any atom is 0.395 e. The number of benzene rings is 1. The molecule has 0 radical (unpaired) electrons. The second-order valence-electron chi connectivity index (χ2n) is 4.10. The molecule has 0 aliphatic heterocycles. The van der Waals surface area contributed by atoms with Gasteiger partial charge >= 0.3 is 17.1 Å². The molecular formula is C12H8Cl2N4O5. The van der Waals surface area contributed by atoms with E-state index in [1.807, 2.05) is 4.98 Å². The van der Waals surface area contributed by atoms with Crippen LogP contribution in [0.15, 0.2) is 29.3 Å². The van der Waals surface area contributed by atoms with E-state index in [1.54, 1.807) is 6.07 Å². The molecule has 9 nitrogen and oxygen atoms in total. The third-order valence-corrected chi connectivity index (χ3v) is 3.08. The van der Waals surface area contributed by atoms with Gasteiger partial charge in [0.15, 0.2) is 6.61 Å². The molecule has 0 fully saturated rings. The van der Waals surface area contributed by atoms with Crippen LogP contribution in [0.25, 0.3) is 0 Å². The summed E-state index contributed by atoms with van der Waals surface area (Å²) in [6.45, 7) is -0.611. The molecule has 0 saturated carbocycles. The van der Waals surface area contributed by atoms with E-state index >= 15 is 0 Å². The zero-order valence-corrected chi connectivity index (χ0v) is 12.7. The molecule has 0 aliphatic rings. The highest BCUT2D eigenvalue weighted by atomic mass is 35.5. The van der Waals surface area contributed by atoms with Crippen molar-refractivity contribution in [1.82, 2.24) is 9.97 Å². The van der Waals surface area contributed by atoms with E-state index < -0.39 is 34.6 Å². The van der Waals surface area contributed by atoms with Gasteiger partial charge in [-0.25, -0.2) is 0 Å². The van der Waals surface area contributed by atoms with E-state index in [1.165, 1.54) is 12.1 Å². The monoisotopic (exact) mass is 358 g/mol. The van der Waals surface area contributed by atoms with Crippen molar-refractivity contribution in [2.45, 2.75) is 0 Å². The van der Waals surface area contributed by atoms with Crippen molar-refractivity contribution in [2.24, 2.45) is 0 Å². The van der Waals surface area contributed by atoms with Crippen LogP contribution in [-0.2, 0) is 4.79 Å². The van der Waals surface area contributed by atoms with E-state index in [4.69, 9.17) is 27.9 Å². The number of H-pyrrole nitrogens is 1. The molecule has 120 valence electrons. The molecule has 1 aromatic carbocycles. The second kappa shape index (κ2) is 7.07. The summed E-state index contributed by atoms with van der Waals surface area (Å²) >= 11 is 11.7. The Bertz CT molecular complexity index is 823. The Labute approximate surface area is 138 Å². The van der Waals surface area contributed by atoms with Gasteiger partial charge in [0.25, 0.3) is 5.91 Å². The number of carbonyl (C=O) groups is 1. The molecule has 1 amide bonds. The third-order valence-electron chi connectivity index (χ3n) is 2.52. The molecule has 1 heterocycles. The number of amides is 1. The van der Waals surface area contributed by atoms with Crippen LogP contribution in [0, 0.1) is 10.1 Å². The van der Waals surface area contributed by atoms with Gasteiger partial charge in [-0.1, -0.05) is 23.2 Å². The lowest BCUT2D eigenvalue weighted by Crippen LogP contribution is -2.22. The Balaban J connectivity index is 2.08. The van der Waals surface area contributed by atoms with Gasteiger partial charge in [-0.2, -0.15) is 4.98 Å². The van der Waals surface area contributed by atoms with Crippen molar-refractivity contribution in [2.75, 3.05) is 11.9 Å². The van der Waals surface area contributed by atoms with Crippen LogP contribution in [0.1, 0.15) is 0 Å². The fraction of sp³-hybridized carbons (Fsp3) is 0.0833. The Morgan fingerprint density at radius 2 is 2.17 bits per heavy atom. The van der Waals surface area contributed by atoms with Gasteiger partial charge in [0.05, 0.1) is 22.0 Å². The largest absolute Gasteiger partial charge is 0.462 e. The lowest BCUT2D eigenvalue weighted by atomic mass is 10.3. The number of aromatic nitrogens is 2. The molecule has 2 rings (SSSR count).